The molecule has 2 aliphatic heterocycles. The van der Waals surface area contributed by atoms with Crippen LogP contribution in [0.3, 0.4) is 0 Å². The van der Waals surface area contributed by atoms with Gasteiger partial charge in [-0.1, -0.05) is 29.8 Å². The fraction of sp³-hybridized carbons (Fsp3) is 0.531. The zero-order valence-electron chi connectivity index (χ0n) is 24.0. The Balaban J connectivity index is 1.53. The lowest BCUT2D eigenvalue weighted by Crippen LogP contribution is -2.43. The van der Waals surface area contributed by atoms with E-state index < -0.39 is 27.3 Å². The van der Waals surface area contributed by atoms with Gasteiger partial charge in [-0.2, -0.15) is 0 Å². The Kier molecular flexibility index (Phi) is 9.82. The minimum absolute atomic E-state index is 0.0746. The van der Waals surface area contributed by atoms with Gasteiger partial charge in [-0.15, -0.1) is 0 Å². The molecule has 2 bridgehead atoms. The SMILES string of the molecule is C[C@@H]1C[C@@H](CCO)/C=C/[C@H](O)[C@@H]2CC[C@H]2CN2CCCCc3cc(Cl)ccc3COc3ccc(cc32)C(=O)NS1(=O)=O. The van der Waals surface area contributed by atoms with Crippen molar-refractivity contribution in [3.63, 3.8) is 0 Å². The molecule has 0 aromatic heterocycles. The lowest BCUT2D eigenvalue weighted by atomic mass is 9.70. The number of halogens is 1. The van der Waals surface area contributed by atoms with Crippen LogP contribution in [-0.2, 0) is 23.1 Å². The number of aliphatic hydroxyl groups excluding tert-OH is 2. The minimum atomic E-state index is -3.99. The van der Waals surface area contributed by atoms with Gasteiger partial charge in [0.05, 0.1) is 17.0 Å². The van der Waals surface area contributed by atoms with Crippen LogP contribution < -0.4 is 14.4 Å². The highest BCUT2D eigenvalue weighted by molar-refractivity contribution is 7.90. The molecule has 2 heterocycles. The van der Waals surface area contributed by atoms with E-state index in [0.29, 0.717) is 30.3 Å². The van der Waals surface area contributed by atoms with Crippen LogP contribution in [0.1, 0.15) is 66.9 Å². The third-order valence-corrected chi connectivity index (χ3v) is 11.0. The van der Waals surface area contributed by atoms with Gasteiger partial charge in [-0.3, -0.25) is 4.79 Å². The summed E-state index contributed by atoms with van der Waals surface area (Å²) in [4.78, 5) is 15.5. The van der Waals surface area contributed by atoms with Crippen LogP contribution in [-0.4, -0.2) is 55.6 Å². The third kappa shape index (κ3) is 7.13. The van der Waals surface area contributed by atoms with Gasteiger partial charge in [0.25, 0.3) is 5.91 Å². The Hall–Kier alpha value is -2.59. The van der Waals surface area contributed by atoms with Crippen LogP contribution in [0.15, 0.2) is 48.6 Å². The van der Waals surface area contributed by atoms with E-state index in [1.54, 1.807) is 31.2 Å². The Labute approximate surface area is 253 Å². The smallest absolute Gasteiger partial charge is 0.264 e. The summed E-state index contributed by atoms with van der Waals surface area (Å²) in [5.41, 5.74) is 3.20. The van der Waals surface area contributed by atoms with Gasteiger partial charge >= 0.3 is 0 Å². The Morgan fingerprint density at radius 1 is 1.10 bits per heavy atom. The minimum Gasteiger partial charge on any atom is -0.487 e. The second-order valence-electron chi connectivity index (χ2n) is 12.0. The maximum atomic E-state index is 13.3. The average Bonchev–Trinajstić information content (AvgIpc) is 2.96. The molecular formula is C32H41ClN2O6S. The summed E-state index contributed by atoms with van der Waals surface area (Å²) < 4.78 is 35.0. The van der Waals surface area contributed by atoms with Gasteiger partial charge in [0.2, 0.25) is 10.0 Å². The van der Waals surface area contributed by atoms with Crippen molar-refractivity contribution in [1.82, 2.24) is 4.72 Å². The standard InChI is InChI=1S/C32H41ClN2O6S/c1-21-16-22(13-15-36)5-11-30(37)28-10-7-25(28)19-35-14-3-2-4-23-17-27(33)9-6-26(23)20-41-31-12-8-24(18-29(31)35)32(38)34-42(21,39)40/h5-6,8-9,11-12,17-18,21-22,25,28,30,36-37H,2-4,7,10,13-16,19-20H2,1H3,(H,34,38)/b11-5+/t21-,22-,25+,28-,30+/m1/s1. The molecule has 2 aromatic rings. The van der Waals surface area contributed by atoms with Crippen LogP contribution in [0.25, 0.3) is 0 Å². The number of amides is 1. The number of nitrogens with zero attached hydrogens (tertiary/aromatic N) is 1. The van der Waals surface area contributed by atoms with Crippen LogP contribution in [0, 0.1) is 17.8 Å². The van der Waals surface area contributed by atoms with E-state index in [2.05, 4.69) is 9.62 Å². The summed E-state index contributed by atoms with van der Waals surface area (Å²) in [6.45, 7) is 3.22. The van der Waals surface area contributed by atoms with Crippen LogP contribution in [0.2, 0.25) is 5.02 Å². The summed E-state index contributed by atoms with van der Waals surface area (Å²) in [5, 5.41) is 20.5. The van der Waals surface area contributed by atoms with Crippen molar-refractivity contribution in [3.8, 4) is 5.75 Å². The second-order valence-corrected chi connectivity index (χ2v) is 14.5. The van der Waals surface area contributed by atoms with E-state index in [9.17, 15) is 23.4 Å². The third-order valence-electron chi connectivity index (χ3n) is 9.09. The maximum absolute atomic E-state index is 13.3. The first-order chi connectivity index (χ1) is 20.1. The lowest BCUT2D eigenvalue weighted by Gasteiger charge is -2.42. The highest BCUT2D eigenvalue weighted by atomic mass is 35.5. The van der Waals surface area contributed by atoms with E-state index in [1.165, 1.54) is 0 Å². The molecule has 1 amide bonds. The number of ether oxygens (including phenoxy) is 1. The van der Waals surface area contributed by atoms with E-state index in [4.69, 9.17) is 16.3 Å². The summed E-state index contributed by atoms with van der Waals surface area (Å²) in [7, 11) is -3.99. The maximum Gasteiger partial charge on any atom is 0.264 e. The topological polar surface area (TPSA) is 116 Å². The molecule has 1 saturated carbocycles. The predicted molar refractivity (Wildman–Crippen MR) is 164 cm³/mol. The van der Waals surface area contributed by atoms with E-state index >= 15 is 0 Å². The van der Waals surface area contributed by atoms with E-state index in [1.807, 2.05) is 24.3 Å². The number of aryl methyl sites for hydroxylation is 1. The molecule has 5 atom stereocenters. The predicted octanol–water partition coefficient (Wildman–Crippen LogP) is 4.86. The van der Waals surface area contributed by atoms with Crippen molar-refractivity contribution in [2.45, 2.75) is 69.8 Å². The molecule has 0 saturated heterocycles. The lowest BCUT2D eigenvalue weighted by molar-refractivity contribution is 0.0458. The summed E-state index contributed by atoms with van der Waals surface area (Å²) >= 11 is 6.30. The van der Waals surface area contributed by atoms with Crippen molar-refractivity contribution < 1.29 is 28.2 Å². The first kappa shape index (κ1) is 30.9. The number of hydrogen-bond acceptors (Lipinski definition) is 7. The number of anilines is 1. The van der Waals surface area contributed by atoms with Crippen molar-refractivity contribution in [2.24, 2.45) is 17.8 Å². The van der Waals surface area contributed by atoms with Crippen molar-refractivity contribution in [2.75, 3.05) is 24.6 Å². The van der Waals surface area contributed by atoms with Crippen LogP contribution in [0.5, 0.6) is 5.75 Å². The van der Waals surface area contributed by atoms with Gasteiger partial charge < -0.3 is 19.8 Å². The normalized spacial score (nSPS) is 29.0. The van der Waals surface area contributed by atoms with Gasteiger partial charge in [-0.25, -0.2) is 13.1 Å². The summed E-state index contributed by atoms with van der Waals surface area (Å²) in [6, 6.07) is 10.9. The Morgan fingerprint density at radius 3 is 2.69 bits per heavy atom. The highest BCUT2D eigenvalue weighted by Crippen LogP contribution is 2.41. The molecule has 42 heavy (non-hydrogen) atoms. The first-order valence-electron chi connectivity index (χ1n) is 15.0. The molecule has 0 spiro atoms. The average molecular weight is 617 g/mol. The monoisotopic (exact) mass is 616 g/mol. The van der Waals surface area contributed by atoms with Gasteiger partial charge in [0.15, 0.2) is 0 Å². The number of benzene rings is 2. The number of allylic oxidation sites excluding steroid dienone is 1. The highest BCUT2D eigenvalue weighted by Gasteiger charge is 2.37. The van der Waals surface area contributed by atoms with Crippen molar-refractivity contribution in [1.29, 1.82) is 0 Å². The molecule has 0 radical (unpaired) electrons. The molecule has 3 N–H and O–H groups in total. The van der Waals surface area contributed by atoms with Crippen LogP contribution in [0.4, 0.5) is 5.69 Å². The quantitative estimate of drug-likeness (QED) is 0.413. The number of nitrogens with one attached hydrogen (secondary N) is 1. The zero-order chi connectivity index (χ0) is 29.9. The van der Waals surface area contributed by atoms with Gasteiger partial charge in [0.1, 0.15) is 12.4 Å². The number of aliphatic hydroxyl groups is 2. The number of carbonyl (C=O) groups excluding carboxylic acids is 1. The molecule has 8 nitrogen and oxygen atoms in total. The molecule has 1 aliphatic carbocycles. The summed E-state index contributed by atoms with van der Waals surface area (Å²) in [6.07, 6.45) is 8.15. The largest absolute Gasteiger partial charge is 0.487 e. The number of rotatable bonds is 2. The van der Waals surface area contributed by atoms with Crippen LogP contribution >= 0.6 is 11.6 Å². The molecule has 228 valence electrons. The Bertz CT molecular complexity index is 1410. The molecule has 5 rings (SSSR count). The van der Waals surface area contributed by atoms with E-state index in [0.717, 1.165) is 55.5 Å². The zero-order valence-corrected chi connectivity index (χ0v) is 25.6. The fourth-order valence-electron chi connectivity index (χ4n) is 6.35. The number of hydrogen-bond donors (Lipinski definition) is 3. The first-order valence-corrected chi connectivity index (χ1v) is 16.9. The molecular weight excluding hydrogens is 576 g/mol. The van der Waals surface area contributed by atoms with Crippen molar-refractivity contribution >= 4 is 33.2 Å². The molecule has 1 fully saturated rings. The molecule has 10 heteroatoms. The molecule has 2 aromatic carbocycles. The van der Waals surface area contributed by atoms with Gasteiger partial charge in [-0.05, 0) is 111 Å². The number of sulfonamides is 1. The molecule has 3 aliphatic rings. The number of carbonyl (C=O) groups is 1. The molecule has 0 unspecified atom stereocenters. The summed E-state index contributed by atoms with van der Waals surface area (Å²) in [5.74, 6) is 0.0166. The number of fused-ring (bicyclic) bond motifs is 3. The van der Waals surface area contributed by atoms with Crippen molar-refractivity contribution in [3.05, 3.63) is 70.3 Å². The second kappa shape index (κ2) is 13.4. The van der Waals surface area contributed by atoms with E-state index in [-0.39, 0.29) is 36.3 Å². The van der Waals surface area contributed by atoms with Gasteiger partial charge in [0, 0.05) is 30.3 Å². The fourth-order valence-corrected chi connectivity index (χ4v) is 7.62. The Morgan fingerprint density at radius 2 is 1.93 bits per heavy atom.